The van der Waals surface area contributed by atoms with E-state index < -0.39 is 0 Å². The smallest absolute Gasteiger partial charge is 0.0518 e. The molecule has 5 atom stereocenters. The molecular weight excluding hydrogens is 284 g/mol. The van der Waals surface area contributed by atoms with Crippen molar-refractivity contribution in [1.29, 1.82) is 0 Å². The fraction of sp³-hybridized carbons (Fsp3) is 0.905. The standard InChI is InChI=1S/C21H38O2/c1-16(11-14-22)7-9-18-17(2)8-10-19-20(3,15-23-5)12-6-13-21(18,19)4/h16,18-19,22H,2,6-15H2,1,3-5H3/t16-,18-,19-,20+,21+/m1/s1. The second-order valence-corrected chi connectivity index (χ2v) is 8.94. The van der Waals surface area contributed by atoms with Gasteiger partial charge in [0.1, 0.15) is 0 Å². The van der Waals surface area contributed by atoms with Gasteiger partial charge in [0, 0.05) is 13.7 Å². The molecule has 2 rings (SSSR count). The van der Waals surface area contributed by atoms with E-state index in [4.69, 9.17) is 9.84 Å². The van der Waals surface area contributed by atoms with Gasteiger partial charge >= 0.3 is 0 Å². The molecule has 2 saturated carbocycles. The van der Waals surface area contributed by atoms with Crippen LogP contribution in [-0.2, 0) is 4.74 Å². The lowest BCUT2D eigenvalue weighted by Gasteiger charge is -2.59. The first-order chi connectivity index (χ1) is 10.9. The lowest BCUT2D eigenvalue weighted by Crippen LogP contribution is -2.52. The van der Waals surface area contributed by atoms with Gasteiger partial charge in [-0.1, -0.05) is 45.8 Å². The van der Waals surface area contributed by atoms with Gasteiger partial charge in [0.05, 0.1) is 6.61 Å². The highest BCUT2D eigenvalue weighted by atomic mass is 16.5. The predicted octanol–water partition coefficient (Wildman–Crippen LogP) is 5.21. The average Bonchev–Trinajstić information content (AvgIpc) is 2.46. The van der Waals surface area contributed by atoms with Gasteiger partial charge in [-0.05, 0) is 67.1 Å². The average molecular weight is 323 g/mol. The minimum atomic E-state index is 0.318. The molecule has 2 nitrogen and oxygen atoms in total. The summed E-state index contributed by atoms with van der Waals surface area (Å²) >= 11 is 0. The molecule has 0 amide bonds. The third kappa shape index (κ3) is 3.85. The summed E-state index contributed by atoms with van der Waals surface area (Å²) in [5.74, 6) is 2.02. The van der Waals surface area contributed by atoms with Crippen LogP contribution in [0, 0.1) is 28.6 Å². The molecular formula is C21H38O2. The van der Waals surface area contributed by atoms with Crippen LogP contribution in [0.5, 0.6) is 0 Å². The highest BCUT2D eigenvalue weighted by molar-refractivity contribution is 5.16. The minimum Gasteiger partial charge on any atom is -0.396 e. The van der Waals surface area contributed by atoms with Gasteiger partial charge < -0.3 is 9.84 Å². The van der Waals surface area contributed by atoms with Gasteiger partial charge in [-0.25, -0.2) is 0 Å². The molecule has 2 aliphatic rings. The van der Waals surface area contributed by atoms with Crippen LogP contribution in [0.25, 0.3) is 0 Å². The molecule has 134 valence electrons. The molecule has 2 heteroatoms. The molecule has 0 aromatic heterocycles. The maximum Gasteiger partial charge on any atom is 0.0518 e. The summed E-state index contributed by atoms with van der Waals surface area (Å²) in [4.78, 5) is 0. The van der Waals surface area contributed by atoms with E-state index in [1.54, 1.807) is 0 Å². The van der Waals surface area contributed by atoms with Crippen LogP contribution < -0.4 is 0 Å². The molecule has 0 radical (unpaired) electrons. The Bertz CT molecular complexity index is 401. The lowest BCUT2D eigenvalue weighted by atomic mass is 9.46. The highest BCUT2D eigenvalue weighted by Gasteiger charge is 2.54. The Balaban J connectivity index is 2.15. The SMILES string of the molecule is C=C1CC[C@@H]2[C@](C)(COC)CCC[C@@]2(C)[C@@H]1CC[C@@H](C)CCO. The summed E-state index contributed by atoms with van der Waals surface area (Å²) in [6.45, 7) is 13.0. The first-order valence-corrected chi connectivity index (χ1v) is 9.65. The topological polar surface area (TPSA) is 29.5 Å². The molecule has 0 aliphatic heterocycles. The summed E-state index contributed by atoms with van der Waals surface area (Å²) in [6, 6.07) is 0. The second-order valence-electron chi connectivity index (χ2n) is 8.94. The monoisotopic (exact) mass is 322 g/mol. The van der Waals surface area contributed by atoms with Crippen molar-refractivity contribution in [3.8, 4) is 0 Å². The molecule has 0 heterocycles. The Morgan fingerprint density at radius 1 is 1.30 bits per heavy atom. The summed E-state index contributed by atoms with van der Waals surface area (Å²) in [5, 5.41) is 9.16. The first-order valence-electron chi connectivity index (χ1n) is 9.65. The minimum absolute atomic E-state index is 0.318. The van der Waals surface area contributed by atoms with Crippen LogP contribution in [0.15, 0.2) is 12.2 Å². The highest BCUT2D eigenvalue weighted by Crippen LogP contribution is 2.62. The van der Waals surface area contributed by atoms with Crippen LogP contribution in [0.3, 0.4) is 0 Å². The van der Waals surface area contributed by atoms with Crippen LogP contribution in [0.1, 0.15) is 72.1 Å². The van der Waals surface area contributed by atoms with E-state index >= 15 is 0 Å². The van der Waals surface area contributed by atoms with Crippen LogP contribution in [0.2, 0.25) is 0 Å². The number of ether oxygens (including phenoxy) is 1. The molecule has 2 aliphatic carbocycles. The molecule has 1 N–H and O–H groups in total. The summed E-state index contributed by atoms with van der Waals surface area (Å²) in [7, 11) is 1.85. The number of methoxy groups -OCH3 is 1. The van der Waals surface area contributed by atoms with E-state index in [0.29, 0.717) is 29.3 Å². The number of allylic oxidation sites excluding steroid dienone is 1. The third-order valence-corrected chi connectivity index (χ3v) is 7.19. The summed E-state index contributed by atoms with van der Waals surface area (Å²) < 4.78 is 5.62. The van der Waals surface area contributed by atoms with E-state index in [9.17, 15) is 0 Å². The molecule has 0 unspecified atom stereocenters. The van der Waals surface area contributed by atoms with E-state index in [1.165, 1.54) is 50.5 Å². The molecule has 2 fully saturated rings. The Labute approximate surface area is 143 Å². The van der Waals surface area contributed by atoms with Crippen molar-refractivity contribution in [2.24, 2.45) is 28.6 Å². The zero-order valence-corrected chi connectivity index (χ0v) is 15.9. The van der Waals surface area contributed by atoms with E-state index in [-0.39, 0.29) is 0 Å². The van der Waals surface area contributed by atoms with E-state index in [2.05, 4.69) is 27.4 Å². The third-order valence-electron chi connectivity index (χ3n) is 7.19. The maximum atomic E-state index is 9.16. The fourth-order valence-electron chi connectivity index (χ4n) is 5.94. The van der Waals surface area contributed by atoms with Gasteiger partial charge in [-0.15, -0.1) is 0 Å². The van der Waals surface area contributed by atoms with Gasteiger partial charge in [0.15, 0.2) is 0 Å². The number of rotatable bonds is 7. The largest absolute Gasteiger partial charge is 0.396 e. The first kappa shape index (κ1) is 19.0. The van der Waals surface area contributed by atoms with Crippen molar-refractivity contribution in [2.75, 3.05) is 20.3 Å². The number of aliphatic hydroxyl groups excluding tert-OH is 1. The predicted molar refractivity (Wildman–Crippen MR) is 97.4 cm³/mol. The van der Waals surface area contributed by atoms with Crippen molar-refractivity contribution in [2.45, 2.75) is 72.1 Å². The van der Waals surface area contributed by atoms with Crippen molar-refractivity contribution in [3.63, 3.8) is 0 Å². The molecule has 0 spiro atoms. The zero-order chi connectivity index (χ0) is 17.1. The van der Waals surface area contributed by atoms with Crippen molar-refractivity contribution >= 4 is 0 Å². The number of fused-ring (bicyclic) bond motifs is 1. The number of hydrogen-bond acceptors (Lipinski definition) is 2. The Kier molecular flexibility index (Phi) is 6.35. The normalized spacial score (nSPS) is 39.1. The quantitative estimate of drug-likeness (QED) is 0.652. The molecule has 0 aromatic rings. The van der Waals surface area contributed by atoms with Gasteiger partial charge in [-0.3, -0.25) is 0 Å². The second kappa shape index (κ2) is 7.70. The van der Waals surface area contributed by atoms with Crippen LogP contribution in [-0.4, -0.2) is 25.4 Å². The van der Waals surface area contributed by atoms with Crippen molar-refractivity contribution < 1.29 is 9.84 Å². The van der Waals surface area contributed by atoms with Gasteiger partial charge in [0.2, 0.25) is 0 Å². The summed E-state index contributed by atoms with van der Waals surface area (Å²) in [5.41, 5.74) is 2.21. The summed E-state index contributed by atoms with van der Waals surface area (Å²) in [6.07, 6.45) is 9.85. The molecule has 0 aromatic carbocycles. The Hall–Kier alpha value is -0.340. The number of hydrogen-bond donors (Lipinski definition) is 1. The zero-order valence-electron chi connectivity index (χ0n) is 15.9. The van der Waals surface area contributed by atoms with Gasteiger partial charge in [-0.2, -0.15) is 0 Å². The molecule has 0 bridgehead atoms. The van der Waals surface area contributed by atoms with Crippen molar-refractivity contribution in [1.82, 2.24) is 0 Å². The van der Waals surface area contributed by atoms with Gasteiger partial charge in [0.25, 0.3) is 0 Å². The van der Waals surface area contributed by atoms with Crippen LogP contribution in [0.4, 0.5) is 0 Å². The van der Waals surface area contributed by atoms with E-state index in [1.807, 2.05) is 7.11 Å². The lowest BCUT2D eigenvalue weighted by molar-refractivity contribution is -0.0938. The number of aliphatic hydroxyl groups is 1. The van der Waals surface area contributed by atoms with Crippen molar-refractivity contribution in [3.05, 3.63) is 12.2 Å². The molecule has 0 saturated heterocycles. The maximum absolute atomic E-state index is 9.16. The Morgan fingerprint density at radius 3 is 2.70 bits per heavy atom. The van der Waals surface area contributed by atoms with E-state index in [0.717, 1.165) is 18.9 Å². The Morgan fingerprint density at radius 2 is 2.04 bits per heavy atom. The van der Waals surface area contributed by atoms with Crippen LogP contribution >= 0.6 is 0 Å². The molecule has 23 heavy (non-hydrogen) atoms. The fourth-order valence-corrected chi connectivity index (χ4v) is 5.94.